The lowest BCUT2D eigenvalue weighted by molar-refractivity contribution is -0.134. The molecule has 2 amide bonds. The molecule has 0 fully saturated rings. The summed E-state index contributed by atoms with van der Waals surface area (Å²) >= 11 is 0. The van der Waals surface area contributed by atoms with Crippen molar-refractivity contribution in [2.24, 2.45) is 5.41 Å². The van der Waals surface area contributed by atoms with Crippen LogP contribution in [-0.2, 0) is 4.79 Å². The number of hydrogen-bond donors (Lipinski definition) is 2. The smallest absolute Gasteiger partial charge is 0.251 e. The van der Waals surface area contributed by atoms with Gasteiger partial charge < -0.3 is 15.3 Å². The molecule has 0 aliphatic rings. The van der Waals surface area contributed by atoms with Gasteiger partial charge in [0.05, 0.1) is 19.2 Å². The third-order valence-electron chi connectivity index (χ3n) is 3.82. The van der Waals surface area contributed by atoms with E-state index >= 15 is 0 Å². The molecule has 0 aliphatic heterocycles. The van der Waals surface area contributed by atoms with Crippen molar-refractivity contribution in [3.05, 3.63) is 35.4 Å². The molecule has 0 saturated carbocycles. The number of carbonyl (C=O) groups excluding carboxylic acids is 2. The van der Waals surface area contributed by atoms with Gasteiger partial charge in [0.25, 0.3) is 5.91 Å². The van der Waals surface area contributed by atoms with E-state index in [1.54, 1.807) is 19.2 Å². The first kappa shape index (κ1) is 18.2. The van der Waals surface area contributed by atoms with Gasteiger partial charge in [-0.25, -0.2) is 0 Å². The molecule has 0 saturated heterocycles. The molecule has 1 aromatic carbocycles. The highest BCUT2D eigenvalue weighted by molar-refractivity contribution is 5.97. The minimum absolute atomic E-state index is 0.0871. The largest absolute Gasteiger partial charge is 0.394 e. The second kappa shape index (κ2) is 7.40. The van der Waals surface area contributed by atoms with E-state index in [1.165, 1.54) is 4.90 Å². The molecule has 0 bridgehead atoms. The summed E-state index contributed by atoms with van der Waals surface area (Å²) < 4.78 is 0. The van der Waals surface area contributed by atoms with Gasteiger partial charge in [-0.1, -0.05) is 39.0 Å². The van der Waals surface area contributed by atoms with Crippen LogP contribution < -0.4 is 5.32 Å². The quantitative estimate of drug-likeness (QED) is 0.868. The molecule has 5 heteroatoms. The van der Waals surface area contributed by atoms with Crippen LogP contribution in [0.15, 0.2) is 24.3 Å². The highest BCUT2D eigenvalue weighted by Gasteiger charge is 2.30. The molecule has 0 aromatic heterocycles. The van der Waals surface area contributed by atoms with Gasteiger partial charge in [0, 0.05) is 12.6 Å². The average molecular weight is 306 g/mol. The van der Waals surface area contributed by atoms with Crippen molar-refractivity contribution in [2.75, 3.05) is 20.2 Å². The van der Waals surface area contributed by atoms with Gasteiger partial charge in [-0.2, -0.15) is 0 Å². The molecular weight excluding hydrogens is 280 g/mol. The number of rotatable bonds is 5. The van der Waals surface area contributed by atoms with Gasteiger partial charge in [-0.05, 0) is 24.0 Å². The second-order valence-corrected chi connectivity index (χ2v) is 6.57. The van der Waals surface area contributed by atoms with Crippen LogP contribution in [0.25, 0.3) is 0 Å². The Morgan fingerprint density at radius 1 is 1.27 bits per heavy atom. The lowest BCUT2D eigenvalue weighted by Gasteiger charge is -2.36. The molecule has 2 N–H and O–H groups in total. The Balaban J connectivity index is 2.66. The maximum absolute atomic E-state index is 12.2. The Labute approximate surface area is 132 Å². The highest BCUT2D eigenvalue weighted by atomic mass is 16.3. The van der Waals surface area contributed by atoms with Crippen molar-refractivity contribution in [2.45, 2.75) is 33.7 Å². The number of aliphatic hydroxyl groups is 1. The lowest BCUT2D eigenvalue weighted by Crippen LogP contribution is -2.50. The Bertz CT molecular complexity index is 535. The van der Waals surface area contributed by atoms with Crippen LogP contribution in [-0.4, -0.2) is 48.1 Å². The van der Waals surface area contributed by atoms with Crippen molar-refractivity contribution in [3.63, 3.8) is 0 Å². The zero-order chi connectivity index (χ0) is 16.9. The number of nitrogens with zero attached hydrogens (tertiary/aromatic N) is 1. The first-order chi connectivity index (χ1) is 10.2. The fourth-order valence-corrected chi connectivity index (χ4v) is 2.35. The van der Waals surface area contributed by atoms with E-state index in [2.05, 4.69) is 5.32 Å². The summed E-state index contributed by atoms with van der Waals surface area (Å²) in [5.74, 6) is -0.493. The normalized spacial score (nSPS) is 12.6. The molecule has 22 heavy (non-hydrogen) atoms. The van der Waals surface area contributed by atoms with Crippen LogP contribution in [0.2, 0.25) is 0 Å². The van der Waals surface area contributed by atoms with Gasteiger partial charge >= 0.3 is 0 Å². The third kappa shape index (κ3) is 4.56. The number of amides is 2. The van der Waals surface area contributed by atoms with E-state index in [4.69, 9.17) is 0 Å². The van der Waals surface area contributed by atoms with E-state index in [9.17, 15) is 14.7 Å². The summed E-state index contributed by atoms with van der Waals surface area (Å²) in [4.78, 5) is 25.8. The van der Waals surface area contributed by atoms with Crippen LogP contribution in [0.3, 0.4) is 0 Å². The van der Waals surface area contributed by atoms with Crippen molar-refractivity contribution < 1.29 is 14.7 Å². The third-order valence-corrected chi connectivity index (χ3v) is 3.82. The predicted molar refractivity (Wildman–Crippen MR) is 86.6 cm³/mol. The van der Waals surface area contributed by atoms with E-state index < -0.39 is 0 Å². The molecule has 0 spiro atoms. The second-order valence-electron chi connectivity index (χ2n) is 6.57. The molecule has 0 heterocycles. The Morgan fingerprint density at radius 3 is 2.36 bits per heavy atom. The van der Waals surface area contributed by atoms with Crippen LogP contribution in [0.5, 0.6) is 0 Å². The maximum Gasteiger partial charge on any atom is 0.251 e. The van der Waals surface area contributed by atoms with Crippen LogP contribution in [0, 0.1) is 12.3 Å². The molecule has 122 valence electrons. The highest BCUT2D eigenvalue weighted by Crippen LogP contribution is 2.23. The van der Waals surface area contributed by atoms with Gasteiger partial charge in [0.15, 0.2) is 0 Å². The number of nitrogens with one attached hydrogen (secondary N) is 1. The van der Waals surface area contributed by atoms with Crippen molar-refractivity contribution >= 4 is 11.8 Å². The summed E-state index contributed by atoms with van der Waals surface area (Å²) in [7, 11) is 1.65. The minimum atomic E-state index is -0.296. The number of likely N-dealkylation sites (N-methyl/N-ethyl adjacent to an activating group) is 1. The maximum atomic E-state index is 12.2. The fourth-order valence-electron chi connectivity index (χ4n) is 2.35. The Hall–Kier alpha value is -1.88. The number of benzene rings is 1. The van der Waals surface area contributed by atoms with E-state index in [0.29, 0.717) is 5.56 Å². The van der Waals surface area contributed by atoms with Crippen molar-refractivity contribution in [3.8, 4) is 0 Å². The topological polar surface area (TPSA) is 69.6 Å². The number of hydrogen-bond acceptors (Lipinski definition) is 3. The molecular formula is C17H26N2O3. The molecule has 1 rings (SSSR count). The first-order valence-electron chi connectivity index (χ1n) is 7.38. The first-order valence-corrected chi connectivity index (χ1v) is 7.38. The summed E-state index contributed by atoms with van der Waals surface area (Å²) in [6, 6.07) is 6.93. The van der Waals surface area contributed by atoms with E-state index in [0.717, 1.165) is 5.56 Å². The monoisotopic (exact) mass is 306 g/mol. The summed E-state index contributed by atoms with van der Waals surface area (Å²) in [5, 5.41) is 12.1. The number of carbonyl (C=O) groups is 2. The molecule has 0 unspecified atom stereocenters. The van der Waals surface area contributed by atoms with E-state index in [-0.39, 0.29) is 36.4 Å². The van der Waals surface area contributed by atoms with Crippen LogP contribution >= 0.6 is 0 Å². The Morgan fingerprint density at radius 2 is 1.86 bits per heavy atom. The molecule has 5 nitrogen and oxygen atoms in total. The van der Waals surface area contributed by atoms with Crippen molar-refractivity contribution in [1.29, 1.82) is 0 Å². The SMILES string of the molecule is Cc1ccccc1C(=O)NCC(=O)N(C)[C@@H](CO)C(C)(C)C. The number of aliphatic hydroxyl groups excluding tert-OH is 1. The molecule has 1 aromatic rings. The average Bonchev–Trinajstić information content (AvgIpc) is 2.43. The zero-order valence-corrected chi connectivity index (χ0v) is 14.0. The summed E-state index contributed by atoms with van der Waals surface area (Å²) in [6.07, 6.45) is 0. The lowest BCUT2D eigenvalue weighted by atomic mass is 9.86. The molecule has 1 atom stereocenters. The van der Waals surface area contributed by atoms with Crippen LogP contribution in [0.4, 0.5) is 0 Å². The standard InChI is InChI=1S/C17H26N2O3/c1-12-8-6-7-9-13(12)16(22)18-10-15(21)19(5)14(11-20)17(2,3)4/h6-9,14,20H,10-11H2,1-5H3,(H,18,22)/t14-/m0/s1. The van der Waals surface area contributed by atoms with Gasteiger partial charge in [0.2, 0.25) is 5.91 Å². The summed E-state index contributed by atoms with van der Waals surface area (Å²) in [5.41, 5.74) is 1.19. The van der Waals surface area contributed by atoms with Gasteiger partial charge in [-0.15, -0.1) is 0 Å². The van der Waals surface area contributed by atoms with Gasteiger partial charge in [0.1, 0.15) is 0 Å². The van der Waals surface area contributed by atoms with Gasteiger partial charge in [-0.3, -0.25) is 9.59 Å². The minimum Gasteiger partial charge on any atom is -0.394 e. The number of aryl methyl sites for hydroxylation is 1. The van der Waals surface area contributed by atoms with Crippen LogP contribution in [0.1, 0.15) is 36.7 Å². The van der Waals surface area contributed by atoms with E-state index in [1.807, 2.05) is 39.8 Å². The summed E-state index contributed by atoms with van der Waals surface area (Å²) in [6.45, 7) is 7.54. The predicted octanol–water partition coefficient (Wildman–Crippen LogP) is 1.59. The Kier molecular flexibility index (Phi) is 6.11. The molecule has 0 radical (unpaired) electrons. The fraction of sp³-hybridized carbons (Fsp3) is 0.529. The molecule has 0 aliphatic carbocycles. The zero-order valence-electron chi connectivity index (χ0n) is 14.0. The van der Waals surface area contributed by atoms with Crippen molar-refractivity contribution in [1.82, 2.24) is 10.2 Å².